The number of hydrogen-bond acceptors (Lipinski definition) is 9. The Balaban J connectivity index is 1.76. The van der Waals surface area contributed by atoms with Crippen LogP contribution in [0.3, 0.4) is 0 Å². The average Bonchev–Trinajstić information content (AvgIpc) is 2.92. The minimum Gasteiger partial charge on any atom is -0.422 e. The maximum atomic E-state index is 15.4. The molecule has 1 aliphatic heterocycles. The summed E-state index contributed by atoms with van der Waals surface area (Å²) in [5.74, 6) is -0.699. The fourth-order valence-electron chi connectivity index (χ4n) is 4.52. The van der Waals surface area contributed by atoms with E-state index in [1.165, 1.54) is 54.6 Å². The normalized spacial score (nSPS) is 15.1. The van der Waals surface area contributed by atoms with Crippen molar-refractivity contribution in [3.05, 3.63) is 69.3 Å². The molecule has 1 saturated heterocycles. The number of hydrogen-bond donors (Lipinski definition) is 2. The summed E-state index contributed by atoms with van der Waals surface area (Å²) in [5.41, 5.74) is -0.160. The lowest BCUT2D eigenvalue weighted by molar-refractivity contribution is 0.172. The standard InChI is InChI=1S/C26H32FN5O8S2/c1-28-42(37,38)29-22-7-5-6-17(24(22)27)14-20-21(16-31-10-12-32(13-11-31)41(4,35)36)19-9-8-18(39-26(34)30(2)3)15-23(19)40-25(20)33/h5-9,15,28-29H,10-14,16H2,1-4H3. The minimum atomic E-state index is -3.99. The van der Waals surface area contributed by atoms with Gasteiger partial charge in [0.2, 0.25) is 10.0 Å². The number of halogens is 1. The average molecular weight is 626 g/mol. The predicted octanol–water partition coefficient (Wildman–Crippen LogP) is 1.54. The van der Waals surface area contributed by atoms with Crippen LogP contribution in [0, 0.1) is 5.82 Å². The SMILES string of the molecule is CNS(=O)(=O)Nc1cccc(Cc2c(CN3CCN(S(C)(=O)=O)CC3)c3ccc(OC(=O)N(C)C)cc3oc2=O)c1F. The van der Waals surface area contributed by atoms with Crippen molar-refractivity contribution in [1.82, 2.24) is 18.8 Å². The molecule has 2 aromatic carbocycles. The molecule has 1 aromatic heterocycles. The summed E-state index contributed by atoms with van der Waals surface area (Å²) < 4.78 is 79.7. The zero-order valence-corrected chi connectivity index (χ0v) is 25.1. The van der Waals surface area contributed by atoms with E-state index in [2.05, 4.69) is 9.44 Å². The van der Waals surface area contributed by atoms with Crippen LogP contribution in [0.2, 0.25) is 0 Å². The Kier molecular flexibility index (Phi) is 9.22. The Hall–Kier alpha value is -3.57. The molecular formula is C26H32FN5O8S2. The van der Waals surface area contributed by atoms with Gasteiger partial charge in [-0.2, -0.15) is 12.7 Å². The molecule has 1 amide bonds. The van der Waals surface area contributed by atoms with Crippen LogP contribution in [-0.2, 0) is 33.2 Å². The summed E-state index contributed by atoms with van der Waals surface area (Å²) >= 11 is 0. The number of fused-ring (bicyclic) bond motifs is 1. The van der Waals surface area contributed by atoms with E-state index >= 15 is 4.39 Å². The second-order valence-corrected chi connectivity index (χ2v) is 13.6. The van der Waals surface area contributed by atoms with Crippen LogP contribution >= 0.6 is 0 Å². The Labute approximate surface area is 243 Å². The number of anilines is 1. The number of carbonyl (C=O) groups excluding carboxylic acids is 1. The molecule has 4 rings (SSSR count). The van der Waals surface area contributed by atoms with E-state index in [-0.39, 0.29) is 54.2 Å². The van der Waals surface area contributed by atoms with Crippen LogP contribution in [0.1, 0.15) is 16.7 Å². The molecule has 0 spiro atoms. The van der Waals surface area contributed by atoms with Crippen LogP contribution in [0.5, 0.6) is 5.75 Å². The highest BCUT2D eigenvalue weighted by Crippen LogP contribution is 2.29. The molecule has 0 unspecified atom stereocenters. The van der Waals surface area contributed by atoms with Crippen LogP contribution < -0.4 is 19.8 Å². The molecule has 2 N–H and O–H groups in total. The molecule has 0 bridgehead atoms. The predicted molar refractivity (Wildman–Crippen MR) is 155 cm³/mol. The van der Waals surface area contributed by atoms with Crippen LogP contribution in [-0.4, -0.2) is 90.6 Å². The number of benzene rings is 2. The number of sulfonamides is 1. The second kappa shape index (κ2) is 12.3. The first-order valence-electron chi connectivity index (χ1n) is 12.8. The smallest absolute Gasteiger partial charge is 0.414 e. The molecule has 2 heterocycles. The van der Waals surface area contributed by atoms with Crippen molar-refractivity contribution < 1.29 is 35.2 Å². The molecule has 1 fully saturated rings. The number of nitrogens with one attached hydrogen (secondary N) is 2. The molecule has 0 atom stereocenters. The number of nitrogens with zero attached hydrogens (tertiary/aromatic N) is 3. The van der Waals surface area contributed by atoms with E-state index in [1.807, 2.05) is 4.90 Å². The fraction of sp³-hybridized carbons (Fsp3) is 0.385. The van der Waals surface area contributed by atoms with Crippen molar-refractivity contribution in [3.8, 4) is 5.75 Å². The summed E-state index contributed by atoms with van der Waals surface area (Å²) in [4.78, 5) is 28.6. The van der Waals surface area contributed by atoms with Gasteiger partial charge < -0.3 is 14.1 Å². The van der Waals surface area contributed by atoms with Crippen molar-refractivity contribution in [1.29, 1.82) is 0 Å². The van der Waals surface area contributed by atoms with Gasteiger partial charge >= 0.3 is 11.7 Å². The molecule has 16 heteroatoms. The Morgan fingerprint density at radius 1 is 1.07 bits per heavy atom. The van der Waals surface area contributed by atoms with Gasteiger partial charge in [0.1, 0.15) is 11.3 Å². The van der Waals surface area contributed by atoms with Gasteiger partial charge in [-0.15, -0.1) is 0 Å². The second-order valence-electron chi connectivity index (χ2n) is 9.97. The summed E-state index contributed by atoms with van der Waals surface area (Å²) in [6.07, 6.45) is 0.313. The lowest BCUT2D eigenvalue weighted by Crippen LogP contribution is -2.48. The molecule has 0 radical (unpaired) electrons. The highest BCUT2D eigenvalue weighted by atomic mass is 32.2. The van der Waals surface area contributed by atoms with Gasteiger partial charge in [-0.05, 0) is 29.3 Å². The summed E-state index contributed by atoms with van der Waals surface area (Å²) in [6, 6.07) is 8.76. The molecular weight excluding hydrogens is 593 g/mol. The van der Waals surface area contributed by atoms with E-state index < -0.39 is 37.8 Å². The number of ether oxygens (including phenoxy) is 1. The highest BCUT2D eigenvalue weighted by Gasteiger charge is 2.26. The Morgan fingerprint density at radius 2 is 1.76 bits per heavy atom. The quantitative estimate of drug-likeness (QED) is 0.337. The number of rotatable bonds is 9. The third kappa shape index (κ3) is 7.25. The third-order valence-corrected chi connectivity index (χ3v) is 9.13. The van der Waals surface area contributed by atoms with Crippen molar-refractivity contribution >= 4 is 43.0 Å². The highest BCUT2D eigenvalue weighted by molar-refractivity contribution is 7.90. The molecule has 228 valence electrons. The zero-order chi connectivity index (χ0) is 30.8. The van der Waals surface area contributed by atoms with Crippen LogP contribution in [0.4, 0.5) is 14.9 Å². The first-order chi connectivity index (χ1) is 19.7. The Bertz CT molecular complexity index is 1770. The first-order valence-corrected chi connectivity index (χ1v) is 16.2. The van der Waals surface area contributed by atoms with Gasteiger partial charge in [0.25, 0.3) is 10.2 Å². The van der Waals surface area contributed by atoms with Crippen LogP contribution in [0.25, 0.3) is 11.0 Å². The lowest BCUT2D eigenvalue weighted by Gasteiger charge is -2.33. The van der Waals surface area contributed by atoms with Crippen molar-refractivity contribution in [2.24, 2.45) is 0 Å². The number of carbonyl (C=O) groups is 1. The molecule has 3 aromatic rings. The van der Waals surface area contributed by atoms with Crippen molar-refractivity contribution in [2.75, 3.05) is 58.3 Å². The van der Waals surface area contributed by atoms with E-state index in [0.717, 1.165) is 6.26 Å². The van der Waals surface area contributed by atoms with Gasteiger partial charge in [-0.3, -0.25) is 9.62 Å². The molecule has 1 aliphatic rings. The molecule has 13 nitrogen and oxygen atoms in total. The van der Waals surface area contributed by atoms with E-state index in [1.54, 1.807) is 12.1 Å². The summed E-state index contributed by atoms with van der Waals surface area (Å²) in [7, 11) is -3.12. The van der Waals surface area contributed by atoms with E-state index in [0.29, 0.717) is 24.0 Å². The summed E-state index contributed by atoms with van der Waals surface area (Å²) in [5, 5.41) is 0.521. The lowest BCUT2D eigenvalue weighted by atomic mass is 9.97. The minimum absolute atomic E-state index is 0.0534. The monoisotopic (exact) mass is 625 g/mol. The number of amides is 1. The molecule has 42 heavy (non-hydrogen) atoms. The van der Waals surface area contributed by atoms with E-state index in [9.17, 15) is 26.4 Å². The molecule has 0 saturated carbocycles. The van der Waals surface area contributed by atoms with E-state index in [4.69, 9.17) is 9.15 Å². The summed E-state index contributed by atoms with van der Waals surface area (Å²) in [6.45, 7) is 1.53. The van der Waals surface area contributed by atoms with Gasteiger partial charge in [0.05, 0.1) is 11.9 Å². The third-order valence-electron chi connectivity index (χ3n) is 6.80. The van der Waals surface area contributed by atoms with Gasteiger partial charge in [-0.1, -0.05) is 12.1 Å². The topological polar surface area (TPSA) is 159 Å². The van der Waals surface area contributed by atoms with Crippen molar-refractivity contribution in [2.45, 2.75) is 13.0 Å². The van der Waals surface area contributed by atoms with Crippen molar-refractivity contribution in [3.63, 3.8) is 0 Å². The largest absolute Gasteiger partial charge is 0.422 e. The van der Waals surface area contributed by atoms with Gasteiger partial charge in [0.15, 0.2) is 5.82 Å². The fourth-order valence-corrected chi connectivity index (χ4v) is 5.90. The number of piperazine rings is 1. The maximum Gasteiger partial charge on any atom is 0.414 e. The van der Waals surface area contributed by atoms with Crippen LogP contribution in [0.15, 0.2) is 45.6 Å². The molecule has 0 aliphatic carbocycles. The maximum absolute atomic E-state index is 15.4. The zero-order valence-electron chi connectivity index (χ0n) is 23.5. The Morgan fingerprint density at radius 3 is 2.38 bits per heavy atom. The van der Waals surface area contributed by atoms with Gasteiger partial charge in [-0.25, -0.2) is 27.1 Å². The first kappa shape index (κ1) is 31.4. The van der Waals surface area contributed by atoms with Gasteiger partial charge in [0, 0.05) is 77.3 Å².